The van der Waals surface area contributed by atoms with E-state index in [1.807, 2.05) is 0 Å². The molecule has 0 atom stereocenters. The van der Waals surface area contributed by atoms with Gasteiger partial charge in [0.25, 0.3) is 0 Å². The summed E-state index contributed by atoms with van der Waals surface area (Å²) in [5, 5.41) is 0. The number of nitrogens with zero attached hydrogens (tertiary/aromatic N) is 2. The molecule has 2 nitrogen and oxygen atoms in total. The molecule has 98 valence electrons. The maximum Gasteiger partial charge on any atom is 0.0124 e. The van der Waals surface area contributed by atoms with Crippen LogP contribution >= 0.6 is 0 Å². The largest absolute Gasteiger partial charge is 0.301 e. The minimum atomic E-state index is 0.290. The van der Waals surface area contributed by atoms with Crippen LogP contribution < -0.4 is 0 Å². The zero-order chi connectivity index (χ0) is 13.0. The highest BCUT2D eigenvalue weighted by Gasteiger charge is 2.20. The molecule has 0 unspecified atom stereocenters. The third-order valence-corrected chi connectivity index (χ3v) is 3.40. The van der Waals surface area contributed by atoms with Crippen molar-refractivity contribution in [2.45, 2.75) is 66.0 Å². The Labute approximate surface area is 103 Å². The van der Waals surface area contributed by atoms with E-state index in [4.69, 9.17) is 0 Å². The molecule has 0 aromatic carbocycles. The van der Waals surface area contributed by atoms with Crippen molar-refractivity contribution < 1.29 is 0 Å². The van der Waals surface area contributed by atoms with Gasteiger partial charge in [0.1, 0.15) is 0 Å². The smallest absolute Gasteiger partial charge is 0.0124 e. The SMILES string of the molecule is CCN(CCCN(C)C(C)(C)C)C(C)(C)C. The van der Waals surface area contributed by atoms with Crippen molar-refractivity contribution >= 4 is 0 Å². The van der Waals surface area contributed by atoms with Gasteiger partial charge in [-0.25, -0.2) is 0 Å². The average Bonchev–Trinajstić information content (AvgIpc) is 2.08. The molecule has 0 saturated carbocycles. The molecule has 0 N–H and O–H groups in total. The van der Waals surface area contributed by atoms with Crippen molar-refractivity contribution in [3.05, 3.63) is 0 Å². The van der Waals surface area contributed by atoms with Crippen molar-refractivity contribution in [2.75, 3.05) is 26.7 Å². The predicted octanol–water partition coefficient (Wildman–Crippen LogP) is 3.23. The molecule has 0 spiro atoms. The first-order valence-corrected chi connectivity index (χ1v) is 6.55. The van der Waals surface area contributed by atoms with E-state index in [1.165, 1.54) is 19.5 Å². The van der Waals surface area contributed by atoms with E-state index in [0.717, 1.165) is 6.54 Å². The van der Waals surface area contributed by atoms with E-state index in [-0.39, 0.29) is 0 Å². The van der Waals surface area contributed by atoms with E-state index < -0.39 is 0 Å². The fraction of sp³-hybridized carbons (Fsp3) is 1.00. The van der Waals surface area contributed by atoms with E-state index in [2.05, 4.69) is 65.3 Å². The average molecular weight is 228 g/mol. The predicted molar refractivity (Wildman–Crippen MR) is 74.0 cm³/mol. The summed E-state index contributed by atoms with van der Waals surface area (Å²) >= 11 is 0. The molecule has 0 saturated heterocycles. The van der Waals surface area contributed by atoms with Crippen LogP contribution in [0.3, 0.4) is 0 Å². The molecule has 0 bridgehead atoms. The standard InChI is InChI=1S/C14H32N2/c1-9-16(14(5,6)7)12-10-11-15(8)13(2,3)4/h9-12H2,1-8H3. The topological polar surface area (TPSA) is 6.48 Å². The zero-order valence-electron chi connectivity index (χ0n) is 12.7. The van der Waals surface area contributed by atoms with Gasteiger partial charge in [0, 0.05) is 11.1 Å². The van der Waals surface area contributed by atoms with E-state index in [0.29, 0.717) is 11.1 Å². The normalized spacial score (nSPS) is 13.9. The maximum absolute atomic E-state index is 2.55. The summed E-state index contributed by atoms with van der Waals surface area (Å²) in [7, 11) is 2.22. The second-order valence-corrected chi connectivity index (χ2v) is 6.70. The van der Waals surface area contributed by atoms with Crippen LogP contribution in [0.4, 0.5) is 0 Å². The van der Waals surface area contributed by atoms with Gasteiger partial charge in [-0.05, 0) is 74.6 Å². The van der Waals surface area contributed by atoms with Crippen molar-refractivity contribution in [2.24, 2.45) is 0 Å². The molecule has 2 heteroatoms. The monoisotopic (exact) mass is 228 g/mol. The molecule has 0 aliphatic heterocycles. The third-order valence-electron chi connectivity index (χ3n) is 3.40. The summed E-state index contributed by atoms with van der Waals surface area (Å²) in [6, 6.07) is 0. The van der Waals surface area contributed by atoms with E-state index in [1.54, 1.807) is 0 Å². The van der Waals surface area contributed by atoms with Gasteiger partial charge in [-0.1, -0.05) is 6.92 Å². The summed E-state index contributed by atoms with van der Waals surface area (Å²) in [4.78, 5) is 4.98. The van der Waals surface area contributed by atoms with Crippen LogP contribution in [0.1, 0.15) is 54.9 Å². The van der Waals surface area contributed by atoms with Gasteiger partial charge >= 0.3 is 0 Å². The summed E-state index contributed by atoms with van der Waals surface area (Å²) < 4.78 is 0. The van der Waals surface area contributed by atoms with Gasteiger partial charge < -0.3 is 4.90 Å². The Morgan fingerprint density at radius 2 is 1.31 bits per heavy atom. The third kappa shape index (κ3) is 5.86. The van der Waals surface area contributed by atoms with Crippen molar-refractivity contribution in [3.63, 3.8) is 0 Å². The van der Waals surface area contributed by atoms with Crippen LogP contribution in [0.2, 0.25) is 0 Å². The van der Waals surface area contributed by atoms with Gasteiger partial charge in [0.05, 0.1) is 0 Å². The first-order chi connectivity index (χ1) is 7.09. The highest BCUT2D eigenvalue weighted by atomic mass is 15.2. The Morgan fingerprint density at radius 1 is 0.812 bits per heavy atom. The molecule has 0 aliphatic carbocycles. The van der Waals surface area contributed by atoms with Gasteiger partial charge in [-0.3, -0.25) is 4.90 Å². The molecule has 0 fully saturated rings. The lowest BCUT2D eigenvalue weighted by atomic mass is 10.0. The fourth-order valence-electron chi connectivity index (χ4n) is 1.80. The first-order valence-electron chi connectivity index (χ1n) is 6.55. The Bertz CT molecular complexity index is 186. The lowest BCUT2D eigenvalue weighted by Gasteiger charge is -2.36. The van der Waals surface area contributed by atoms with Crippen LogP contribution in [0.25, 0.3) is 0 Å². The lowest BCUT2D eigenvalue weighted by Crippen LogP contribution is -2.44. The van der Waals surface area contributed by atoms with Crippen LogP contribution in [0.15, 0.2) is 0 Å². The zero-order valence-corrected chi connectivity index (χ0v) is 12.7. The molecule has 0 radical (unpaired) electrons. The second kappa shape index (κ2) is 6.02. The van der Waals surface area contributed by atoms with Gasteiger partial charge in [-0.15, -0.1) is 0 Å². The van der Waals surface area contributed by atoms with Gasteiger partial charge in [0.2, 0.25) is 0 Å². The molecule has 0 rings (SSSR count). The van der Waals surface area contributed by atoms with Crippen LogP contribution in [0.5, 0.6) is 0 Å². The quantitative estimate of drug-likeness (QED) is 0.713. The molecule has 0 aromatic rings. The summed E-state index contributed by atoms with van der Waals surface area (Å²) in [5.41, 5.74) is 0.591. The van der Waals surface area contributed by atoms with Gasteiger partial charge in [-0.2, -0.15) is 0 Å². The summed E-state index contributed by atoms with van der Waals surface area (Å²) in [6.45, 7) is 19.5. The Hall–Kier alpha value is -0.0800. The highest BCUT2D eigenvalue weighted by molar-refractivity contribution is 4.77. The van der Waals surface area contributed by atoms with Crippen LogP contribution in [0, 0.1) is 0 Å². The Balaban J connectivity index is 3.98. The van der Waals surface area contributed by atoms with Crippen molar-refractivity contribution in [1.82, 2.24) is 9.80 Å². The number of hydrogen-bond donors (Lipinski definition) is 0. The maximum atomic E-state index is 2.55. The molecule has 16 heavy (non-hydrogen) atoms. The molecule has 0 amide bonds. The lowest BCUT2D eigenvalue weighted by molar-refractivity contribution is 0.121. The number of rotatable bonds is 5. The van der Waals surface area contributed by atoms with Crippen LogP contribution in [-0.4, -0.2) is 47.6 Å². The minimum absolute atomic E-state index is 0.290. The fourth-order valence-corrected chi connectivity index (χ4v) is 1.80. The highest BCUT2D eigenvalue weighted by Crippen LogP contribution is 2.14. The molecule has 0 aliphatic rings. The second-order valence-electron chi connectivity index (χ2n) is 6.70. The first kappa shape index (κ1) is 15.9. The molecular formula is C14H32N2. The van der Waals surface area contributed by atoms with Crippen molar-refractivity contribution in [3.8, 4) is 0 Å². The Kier molecular flexibility index (Phi) is 5.99. The molecule has 0 heterocycles. The Morgan fingerprint density at radius 3 is 1.62 bits per heavy atom. The molecule has 0 aromatic heterocycles. The molecular weight excluding hydrogens is 196 g/mol. The minimum Gasteiger partial charge on any atom is -0.301 e. The number of hydrogen-bond acceptors (Lipinski definition) is 2. The van der Waals surface area contributed by atoms with Gasteiger partial charge in [0.15, 0.2) is 0 Å². The summed E-state index contributed by atoms with van der Waals surface area (Å²) in [6.07, 6.45) is 1.25. The van der Waals surface area contributed by atoms with E-state index in [9.17, 15) is 0 Å². The van der Waals surface area contributed by atoms with E-state index >= 15 is 0 Å². The van der Waals surface area contributed by atoms with Crippen molar-refractivity contribution in [1.29, 1.82) is 0 Å². The summed E-state index contributed by atoms with van der Waals surface area (Å²) in [5.74, 6) is 0. The van der Waals surface area contributed by atoms with Crippen LogP contribution in [-0.2, 0) is 0 Å².